The molecular weight excluding hydrogens is 370 g/mol. The summed E-state index contributed by atoms with van der Waals surface area (Å²) in [6.07, 6.45) is 0.325. The van der Waals surface area contributed by atoms with Crippen LogP contribution in [0.2, 0.25) is 5.02 Å². The third-order valence-electron chi connectivity index (χ3n) is 4.69. The summed E-state index contributed by atoms with van der Waals surface area (Å²) >= 11 is 5.92. The Kier molecular flexibility index (Phi) is 3.75. The van der Waals surface area contributed by atoms with Crippen molar-refractivity contribution in [1.82, 2.24) is 10.1 Å². The molecular formula is C19H14ClN3O4. The Balaban J connectivity index is 1.37. The number of hydrogen-bond donors (Lipinski definition) is 0. The summed E-state index contributed by atoms with van der Waals surface area (Å²) in [5.74, 6) is 2.13. The van der Waals surface area contributed by atoms with Crippen molar-refractivity contribution in [2.24, 2.45) is 0 Å². The fraction of sp³-hybridized carbons (Fsp3) is 0.211. The maximum absolute atomic E-state index is 12.4. The van der Waals surface area contributed by atoms with E-state index >= 15 is 0 Å². The molecule has 1 fully saturated rings. The van der Waals surface area contributed by atoms with E-state index in [2.05, 4.69) is 10.1 Å². The Morgan fingerprint density at radius 2 is 1.89 bits per heavy atom. The molecule has 0 N–H and O–H groups in total. The van der Waals surface area contributed by atoms with Crippen LogP contribution in [-0.2, 0) is 4.79 Å². The number of carbonyl (C=O) groups excluding carboxylic acids is 1. The van der Waals surface area contributed by atoms with E-state index in [0.29, 0.717) is 41.2 Å². The number of benzene rings is 2. The van der Waals surface area contributed by atoms with Gasteiger partial charge in [-0.05, 0) is 42.5 Å². The first-order valence-electron chi connectivity index (χ1n) is 8.47. The maximum atomic E-state index is 12.4. The summed E-state index contributed by atoms with van der Waals surface area (Å²) in [6, 6.07) is 12.7. The highest BCUT2D eigenvalue weighted by atomic mass is 35.5. The van der Waals surface area contributed by atoms with E-state index in [9.17, 15) is 4.79 Å². The lowest BCUT2D eigenvalue weighted by Gasteiger charge is -2.15. The first-order chi connectivity index (χ1) is 13.2. The van der Waals surface area contributed by atoms with Crippen molar-refractivity contribution in [2.45, 2.75) is 12.3 Å². The molecule has 1 aromatic heterocycles. The van der Waals surface area contributed by atoms with Crippen LogP contribution in [0.25, 0.3) is 11.4 Å². The molecule has 7 nitrogen and oxygen atoms in total. The molecule has 3 aromatic rings. The zero-order valence-electron chi connectivity index (χ0n) is 14.1. The number of nitrogens with zero attached hydrogens (tertiary/aromatic N) is 3. The molecule has 0 bridgehead atoms. The van der Waals surface area contributed by atoms with Crippen molar-refractivity contribution >= 4 is 23.2 Å². The van der Waals surface area contributed by atoms with E-state index in [0.717, 1.165) is 11.3 Å². The lowest BCUT2D eigenvalue weighted by atomic mass is 10.1. The monoisotopic (exact) mass is 383 g/mol. The fourth-order valence-electron chi connectivity index (χ4n) is 3.30. The van der Waals surface area contributed by atoms with Gasteiger partial charge in [0.2, 0.25) is 24.4 Å². The minimum absolute atomic E-state index is 0.0187. The number of hydrogen-bond acceptors (Lipinski definition) is 6. The predicted molar refractivity (Wildman–Crippen MR) is 97.0 cm³/mol. The Morgan fingerprint density at radius 1 is 1.07 bits per heavy atom. The van der Waals surface area contributed by atoms with E-state index in [1.807, 2.05) is 30.3 Å². The number of fused-ring (bicyclic) bond motifs is 1. The molecule has 2 aliphatic rings. The molecule has 0 spiro atoms. The maximum Gasteiger partial charge on any atom is 0.232 e. The first kappa shape index (κ1) is 16.1. The van der Waals surface area contributed by atoms with Gasteiger partial charge in [0.25, 0.3) is 0 Å². The van der Waals surface area contributed by atoms with Gasteiger partial charge in [0, 0.05) is 29.2 Å². The highest BCUT2D eigenvalue weighted by Gasteiger charge is 2.35. The van der Waals surface area contributed by atoms with Gasteiger partial charge in [-0.2, -0.15) is 4.98 Å². The van der Waals surface area contributed by atoms with E-state index in [4.69, 9.17) is 25.6 Å². The molecule has 3 heterocycles. The van der Waals surface area contributed by atoms with Crippen molar-refractivity contribution < 1.29 is 18.8 Å². The van der Waals surface area contributed by atoms with Gasteiger partial charge in [-0.3, -0.25) is 4.79 Å². The minimum atomic E-state index is -0.150. The molecule has 2 aliphatic heterocycles. The largest absolute Gasteiger partial charge is 0.454 e. The number of carbonyl (C=O) groups is 1. The van der Waals surface area contributed by atoms with Crippen LogP contribution in [0, 0.1) is 0 Å². The molecule has 1 saturated heterocycles. The average molecular weight is 384 g/mol. The predicted octanol–water partition coefficient (Wildman–Crippen LogP) is 3.64. The van der Waals surface area contributed by atoms with Crippen LogP contribution in [-0.4, -0.2) is 29.4 Å². The van der Waals surface area contributed by atoms with Gasteiger partial charge in [0.05, 0.1) is 5.92 Å². The average Bonchev–Trinajstić information content (AvgIpc) is 3.41. The van der Waals surface area contributed by atoms with Crippen molar-refractivity contribution in [2.75, 3.05) is 18.2 Å². The van der Waals surface area contributed by atoms with E-state index in [1.54, 1.807) is 17.0 Å². The molecule has 1 unspecified atom stereocenters. The summed E-state index contributed by atoms with van der Waals surface area (Å²) in [7, 11) is 0. The molecule has 0 saturated carbocycles. The quantitative estimate of drug-likeness (QED) is 0.687. The summed E-state index contributed by atoms with van der Waals surface area (Å²) in [4.78, 5) is 18.6. The van der Waals surface area contributed by atoms with Gasteiger partial charge < -0.3 is 18.9 Å². The molecule has 1 atom stereocenters. The van der Waals surface area contributed by atoms with Crippen LogP contribution in [0.15, 0.2) is 47.0 Å². The SMILES string of the molecule is O=C1CC(c2nc(-c3ccc4c(c3)OCO4)no2)CN1c1ccc(Cl)cc1. The summed E-state index contributed by atoms with van der Waals surface area (Å²) in [5.41, 5.74) is 1.58. The number of ether oxygens (including phenoxy) is 2. The summed E-state index contributed by atoms with van der Waals surface area (Å²) < 4.78 is 16.1. The second kappa shape index (κ2) is 6.28. The Hall–Kier alpha value is -3.06. The van der Waals surface area contributed by atoms with Crippen LogP contribution < -0.4 is 14.4 Å². The highest BCUT2D eigenvalue weighted by Crippen LogP contribution is 2.36. The number of aromatic nitrogens is 2. The van der Waals surface area contributed by atoms with E-state index < -0.39 is 0 Å². The van der Waals surface area contributed by atoms with Gasteiger partial charge >= 0.3 is 0 Å². The second-order valence-electron chi connectivity index (χ2n) is 6.41. The zero-order valence-corrected chi connectivity index (χ0v) is 14.8. The molecule has 1 amide bonds. The molecule has 5 rings (SSSR count). The second-order valence-corrected chi connectivity index (χ2v) is 6.84. The number of amides is 1. The minimum Gasteiger partial charge on any atom is -0.454 e. The van der Waals surface area contributed by atoms with Gasteiger partial charge in [0.15, 0.2) is 11.5 Å². The van der Waals surface area contributed by atoms with Gasteiger partial charge in [-0.1, -0.05) is 16.8 Å². The Labute approximate surface area is 159 Å². The van der Waals surface area contributed by atoms with Crippen LogP contribution in [0.4, 0.5) is 5.69 Å². The van der Waals surface area contributed by atoms with Crippen LogP contribution in [0.5, 0.6) is 11.5 Å². The molecule has 136 valence electrons. The summed E-state index contributed by atoms with van der Waals surface area (Å²) in [6.45, 7) is 0.699. The molecule has 0 radical (unpaired) electrons. The first-order valence-corrected chi connectivity index (χ1v) is 8.85. The Bertz CT molecular complexity index is 1020. The normalized spacial score (nSPS) is 18.3. The number of halogens is 1. The van der Waals surface area contributed by atoms with Gasteiger partial charge in [-0.25, -0.2) is 0 Å². The zero-order chi connectivity index (χ0) is 18.4. The van der Waals surface area contributed by atoms with Crippen molar-refractivity contribution in [3.63, 3.8) is 0 Å². The van der Waals surface area contributed by atoms with Crippen molar-refractivity contribution in [3.8, 4) is 22.9 Å². The highest BCUT2D eigenvalue weighted by molar-refractivity contribution is 6.30. The molecule has 0 aliphatic carbocycles. The van der Waals surface area contributed by atoms with Crippen LogP contribution in [0.1, 0.15) is 18.2 Å². The fourth-order valence-corrected chi connectivity index (χ4v) is 3.42. The smallest absolute Gasteiger partial charge is 0.232 e. The third-order valence-corrected chi connectivity index (χ3v) is 4.94. The lowest BCUT2D eigenvalue weighted by Crippen LogP contribution is -2.24. The Morgan fingerprint density at radius 3 is 2.74 bits per heavy atom. The number of rotatable bonds is 3. The van der Waals surface area contributed by atoms with Crippen molar-refractivity contribution in [3.05, 3.63) is 53.4 Å². The van der Waals surface area contributed by atoms with Crippen LogP contribution in [0.3, 0.4) is 0 Å². The molecule has 27 heavy (non-hydrogen) atoms. The van der Waals surface area contributed by atoms with Crippen LogP contribution >= 0.6 is 11.6 Å². The summed E-state index contributed by atoms with van der Waals surface area (Å²) in [5, 5.41) is 4.69. The lowest BCUT2D eigenvalue weighted by molar-refractivity contribution is -0.117. The number of anilines is 1. The van der Waals surface area contributed by atoms with Gasteiger partial charge in [0.1, 0.15) is 0 Å². The van der Waals surface area contributed by atoms with E-state index in [-0.39, 0.29) is 18.6 Å². The molecule has 8 heteroatoms. The standard InChI is InChI=1S/C19H14ClN3O4/c20-13-2-4-14(5-3-13)23-9-12(8-17(23)24)19-21-18(22-27-19)11-1-6-15-16(7-11)26-10-25-15/h1-7,12H,8-10H2. The topological polar surface area (TPSA) is 77.7 Å². The molecule has 2 aromatic carbocycles. The van der Waals surface area contributed by atoms with E-state index in [1.165, 1.54) is 0 Å². The third kappa shape index (κ3) is 2.90. The van der Waals surface area contributed by atoms with Crippen molar-refractivity contribution in [1.29, 1.82) is 0 Å². The van der Waals surface area contributed by atoms with Gasteiger partial charge in [-0.15, -0.1) is 0 Å².